The normalized spacial score (nSPS) is 33.6. The molecule has 6 aliphatic rings. The van der Waals surface area contributed by atoms with Crippen LogP contribution in [0, 0.1) is 0 Å². The van der Waals surface area contributed by atoms with E-state index in [1.807, 2.05) is 0 Å². The molecule has 6 atom stereocenters. The lowest BCUT2D eigenvalue weighted by atomic mass is 10.0. The van der Waals surface area contributed by atoms with E-state index < -0.39 is 0 Å². The summed E-state index contributed by atoms with van der Waals surface area (Å²) in [6.45, 7) is 38.8. The van der Waals surface area contributed by atoms with Gasteiger partial charge in [0.2, 0.25) is 0 Å². The minimum absolute atomic E-state index is 1.06. The highest BCUT2D eigenvalue weighted by atomic mass is 15.3. The van der Waals surface area contributed by atoms with E-state index in [1.165, 1.54) is 174 Å². The van der Waals surface area contributed by atoms with Crippen molar-refractivity contribution in [2.45, 2.75) is 19.6 Å². The maximum absolute atomic E-state index is 2.79. The van der Waals surface area contributed by atoms with Crippen molar-refractivity contribution in [1.29, 1.82) is 0 Å². The molecule has 6 heterocycles. The Morgan fingerprint density at radius 1 is 0.259 bits per heavy atom. The van der Waals surface area contributed by atoms with Crippen molar-refractivity contribution in [2.24, 2.45) is 0 Å². The van der Waals surface area contributed by atoms with Crippen molar-refractivity contribution >= 4 is 0 Å². The van der Waals surface area contributed by atoms with Crippen LogP contribution in [0.15, 0.2) is 18.2 Å². The summed E-state index contributed by atoms with van der Waals surface area (Å²) in [6.07, 6.45) is 0. The third-order valence-electron chi connectivity index (χ3n) is 13.7. The molecular weight excluding hydrogens is 673 g/mol. The fourth-order valence-electron chi connectivity index (χ4n) is 9.46. The van der Waals surface area contributed by atoms with E-state index in [-0.39, 0.29) is 0 Å². The molecule has 306 valence electrons. The highest BCUT2D eigenvalue weighted by Gasteiger charge is 2.23. The largest absolute Gasteiger partial charge is 0.304 e. The molecule has 0 saturated carbocycles. The van der Waals surface area contributed by atoms with Crippen molar-refractivity contribution in [3.8, 4) is 0 Å². The fourth-order valence-corrected chi connectivity index (χ4v) is 9.46. The second-order valence-corrected chi connectivity index (χ2v) is 17.9. The van der Waals surface area contributed by atoms with Crippen LogP contribution in [0.4, 0.5) is 0 Å². The molecule has 0 N–H and O–H groups in total. The van der Waals surface area contributed by atoms with Crippen LogP contribution in [0.1, 0.15) is 16.7 Å². The van der Waals surface area contributed by atoms with Gasteiger partial charge < -0.3 is 14.7 Å². The summed E-state index contributed by atoms with van der Waals surface area (Å²) in [5, 5.41) is 0. The van der Waals surface area contributed by atoms with E-state index >= 15 is 0 Å². The van der Waals surface area contributed by atoms with Gasteiger partial charge in [0.15, 0.2) is 0 Å². The highest BCUT2D eigenvalue weighted by Crippen LogP contribution is 2.19. The van der Waals surface area contributed by atoms with Gasteiger partial charge in [-0.05, 0) is 37.8 Å². The summed E-state index contributed by atoms with van der Waals surface area (Å²) in [4.78, 5) is 32.4. The third-order valence-corrected chi connectivity index (χ3v) is 13.7. The lowest BCUT2D eigenvalue weighted by Gasteiger charge is -2.30. The first-order valence-corrected chi connectivity index (χ1v) is 22.1. The zero-order valence-corrected chi connectivity index (χ0v) is 34.9. The number of fused-ring (bicyclic) bond motifs is 9. The molecule has 0 aromatic heterocycles. The first-order valence-electron chi connectivity index (χ1n) is 22.1. The summed E-state index contributed by atoms with van der Waals surface area (Å²) in [5.41, 5.74) is 4.59. The van der Waals surface area contributed by atoms with Gasteiger partial charge in [-0.25, -0.2) is 0 Å². The van der Waals surface area contributed by atoms with E-state index in [0.29, 0.717) is 0 Å². The van der Waals surface area contributed by atoms with Gasteiger partial charge in [0.1, 0.15) is 0 Å². The number of hydrogen-bond acceptors (Lipinski definition) is 12. The Bertz CT molecular complexity index is 1030. The first kappa shape index (κ1) is 40.9. The Balaban J connectivity index is 1.08. The predicted molar refractivity (Wildman–Crippen MR) is 223 cm³/mol. The number of nitrogens with zero attached hydrogens (tertiary/aromatic N) is 12. The minimum atomic E-state index is 1.06. The van der Waals surface area contributed by atoms with Gasteiger partial charge in [-0.3, -0.25) is 44.1 Å². The Labute approximate surface area is 330 Å². The smallest absolute Gasteiger partial charge is 0.0235 e. The lowest BCUT2D eigenvalue weighted by molar-refractivity contribution is 0.180. The van der Waals surface area contributed by atoms with E-state index in [1.54, 1.807) is 0 Å². The van der Waals surface area contributed by atoms with Crippen molar-refractivity contribution in [1.82, 2.24) is 58.8 Å². The Morgan fingerprint density at radius 2 is 0.426 bits per heavy atom. The summed E-state index contributed by atoms with van der Waals surface area (Å²) >= 11 is 0. The monoisotopic (exact) mass is 751 g/mol. The van der Waals surface area contributed by atoms with Crippen molar-refractivity contribution in [3.05, 3.63) is 34.9 Å². The van der Waals surface area contributed by atoms with Gasteiger partial charge in [0, 0.05) is 216 Å². The second-order valence-electron chi connectivity index (χ2n) is 17.9. The summed E-state index contributed by atoms with van der Waals surface area (Å²) in [5.74, 6) is 0. The SMILES string of the molecule is CN1CCN2CCN(CC1)CCN(Cc1cc(CN3CCN4CCN(C)CCN(CC4)CC3)cc(CN3CCN4CCN(C)CCN(CC4)CC3)c1)CC2. The average Bonchev–Trinajstić information content (AvgIpc) is 3.49. The Hall–Kier alpha value is -1.26. The van der Waals surface area contributed by atoms with Crippen molar-refractivity contribution < 1.29 is 0 Å². The molecule has 1 aromatic carbocycles. The highest BCUT2D eigenvalue weighted by molar-refractivity contribution is 5.30. The number of hydrogen-bond donors (Lipinski definition) is 0. The Morgan fingerprint density at radius 3 is 0.630 bits per heavy atom. The number of rotatable bonds is 6. The topological polar surface area (TPSA) is 38.9 Å². The van der Waals surface area contributed by atoms with Crippen LogP contribution in [0.5, 0.6) is 0 Å². The van der Waals surface area contributed by atoms with Gasteiger partial charge in [-0.2, -0.15) is 0 Å². The van der Waals surface area contributed by atoms with E-state index in [2.05, 4.69) is 98.1 Å². The molecule has 6 bridgehead atoms. The van der Waals surface area contributed by atoms with Crippen LogP contribution in [-0.2, 0) is 19.6 Å². The maximum Gasteiger partial charge on any atom is 0.0235 e. The van der Waals surface area contributed by atoms with Crippen molar-refractivity contribution in [2.75, 3.05) is 217 Å². The molecule has 0 aliphatic carbocycles. The first-order chi connectivity index (χ1) is 26.4. The molecule has 7 rings (SSSR count). The lowest BCUT2D eigenvalue weighted by Crippen LogP contribution is -2.41. The molecule has 0 radical (unpaired) electrons. The van der Waals surface area contributed by atoms with E-state index in [4.69, 9.17) is 0 Å². The molecule has 12 nitrogen and oxygen atoms in total. The molecule has 54 heavy (non-hydrogen) atoms. The van der Waals surface area contributed by atoms with Gasteiger partial charge in [0.05, 0.1) is 0 Å². The fraction of sp³-hybridized carbons (Fsp3) is 0.857. The molecule has 6 aliphatic heterocycles. The molecule has 1 aromatic rings. The summed E-state index contributed by atoms with van der Waals surface area (Å²) < 4.78 is 0. The van der Waals surface area contributed by atoms with Crippen LogP contribution in [0.25, 0.3) is 0 Å². The quantitative estimate of drug-likeness (QED) is 0.387. The predicted octanol–water partition coefficient (Wildman–Crippen LogP) is -0.218. The maximum atomic E-state index is 2.79. The molecule has 6 fully saturated rings. The molecular formula is C42H78N12. The second kappa shape index (κ2) is 20.9. The standard InChI is InChI=1S/C42H78N12/c1-43-4-10-46-16-17-47(11-5-43)23-29-52(28-22-46)37-40-34-41(38-53-30-24-48-12-6-44(2)7-13-49(19-18-48)25-31-53)36-42(35-40)39-54-32-26-50-14-8-45(3)9-15-51(21-20-50)27-33-54/h34-36H,4-33,37-39H2,1-3H3. The van der Waals surface area contributed by atoms with Crippen LogP contribution >= 0.6 is 0 Å². The Kier molecular flexibility index (Phi) is 15.9. The van der Waals surface area contributed by atoms with E-state index in [0.717, 1.165) is 58.9 Å². The molecule has 0 amide bonds. The van der Waals surface area contributed by atoms with Gasteiger partial charge in [-0.15, -0.1) is 0 Å². The number of benzene rings is 1. The zero-order chi connectivity index (χ0) is 37.1. The minimum Gasteiger partial charge on any atom is -0.304 e. The molecule has 12 heteroatoms. The van der Waals surface area contributed by atoms with Crippen LogP contribution in [-0.4, -0.2) is 276 Å². The molecule has 6 unspecified atom stereocenters. The van der Waals surface area contributed by atoms with Crippen LogP contribution in [0.2, 0.25) is 0 Å². The zero-order valence-electron chi connectivity index (χ0n) is 34.9. The third kappa shape index (κ3) is 13.1. The van der Waals surface area contributed by atoms with Crippen LogP contribution < -0.4 is 0 Å². The molecule has 6 saturated heterocycles. The summed E-state index contributed by atoms with van der Waals surface area (Å²) in [7, 11) is 6.91. The summed E-state index contributed by atoms with van der Waals surface area (Å²) in [6, 6.07) is 7.82. The van der Waals surface area contributed by atoms with Crippen molar-refractivity contribution in [3.63, 3.8) is 0 Å². The van der Waals surface area contributed by atoms with Gasteiger partial charge in [-0.1, -0.05) is 18.2 Å². The molecule has 0 spiro atoms. The number of likely N-dealkylation sites (N-methyl/N-ethyl adjacent to an activating group) is 3. The average molecular weight is 751 g/mol. The van der Waals surface area contributed by atoms with Gasteiger partial charge >= 0.3 is 0 Å². The van der Waals surface area contributed by atoms with Crippen LogP contribution in [0.3, 0.4) is 0 Å². The van der Waals surface area contributed by atoms with Gasteiger partial charge in [0.25, 0.3) is 0 Å². The van der Waals surface area contributed by atoms with E-state index in [9.17, 15) is 0 Å².